The molecule has 0 aliphatic carbocycles. The van der Waals surface area contributed by atoms with E-state index in [1.54, 1.807) is 19.1 Å². The van der Waals surface area contributed by atoms with E-state index >= 15 is 0 Å². The maximum atomic E-state index is 11.4. The number of aryl methyl sites for hydroxylation is 1. The van der Waals surface area contributed by atoms with E-state index in [0.29, 0.717) is 5.56 Å². The fourth-order valence-electron chi connectivity index (χ4n) is 2.08. The van der Waals surface area contributed by atoms with Gasteiger partial charge in [0.25, 0.3) is 0 Å². The van der Waals surface area contributed by atoms with Gasteiger partial charge in [-0.3, -0.25) is 0 Å². The minimum Gasteiger partial charge on any atom is -0.507 e. The number of carboxylic acid groups (broad SMARTS) is 1. The van der Waals surface area contributed by atoms with Crippen LogP contribution in [0.2, 0.25) is 0 Å². The molecule has 106 valence electrons. The molecule has 7 nitrogen and oxygen atoms in total. The first-order valence-electron chi connectivity index (χ1n) is 5.96. The maximum absolute atomic E-state index is 11.4. The number of nitrogens with zero attached hydrogens (tertiary/aromatic N) is 3. The summed E-state index contributed by atoms with van der Waals surface area (Å²) in [5.74, 6) is -1.30. The summed E-state index contributed by atoms with van der Waals surface area (Å²) in [5.41, 5.74) is 15.7. The minimum absolute atomic E-state index is 0.0688. The number of azide groups is 1. The van der Waals surface area contributed by atoms with E-state index in [0.717, 1.165) is 5.56 Å². The van der Waals surface area contributed by atoms with Gasteiger partial charge in [0, 0.05) is 27.4 Å². The third kappa shape index (κ3) is 2.72. The third-order valence-electron chi connectivity index (χ3n) is 2.97. The monoisotopic (exact) mass is 284 g/mol. The molecule has 0 bridgehead atoms. The smallest absolute Gasteiger partial charge is 0.336 e. The number of benzene rings is 2. The van der Waals surface area contributed by atoms with Crippen LogP contribution in [0.5, 0.6) is 5.75 Å². The number of nitrogen functional groups attached to an aromatic ring is 1. The number of nitrogens with two attached hydrogens (primary N) is 1. The van der Waals surface area contributed by atoms with Crippen LogP contribution < -0.4 is 5.73 Å². The second kappa shape index (κ2) is 5.44. The third-order valence-corrected chi connectivity index (χ3v) is 2.97. The van der Waals surface area contributed by atoms with E-state index in [1.807, 2.05) is 0 Å². The average molecular weight is 284 g/mol. The van der Waals surface area contributed by atoms with Crippen molar-refractivity contribution in [3.63, 3.8) is 0 Å². The van der Waals surface area contributed by atoms with Crippen molar-refractivity contribution < 1.29 is 15.0 Å². The second-order valence-corrected chi connectivity index (χ2v) is 4.47. The molecule has 0 spiro atoms. The Morgan fingerprint density at radius 3 is 2.62 bits per heavy atom. The topological polar surface area (TPSA) is 132 Å². The van der Waals surface area contributed by atoms with Crippen LogP contribution in [0.25, 0.3) is 21.6 Å². The number of phenols is 1. The molecule has 7 heteroatoms. The molecule has 4 N–H and O–H groups in total. The summed E-state index contributed by atoms with van der Waals surface area (Å²) >= 11 is 0. The molecular formula is C14H12N4O3. The Balaban J connectivity index is 2.78. The molecule has 0 amide bonds. The van der Waals surface area contributed by atoms with Crippen molar-refractivity contribution in [2.24, 2.45) is 5.11 Å². The standard InChI is InChI=1S/C14H12N4O3/c1-7-2-3-9(12(19)4-7)13-10(14(20)21)5-8(17-18-16)6-11(13)15/h2-6,19H,15H2,1H3,(H,20,21). The number of hydrogen-bond donors (Lipinski definition) is 3. The van der Waals surface area contributed by atoms with E-state index in [4.69, 9.17) is 11.3 Å². The summed E-state index contributed by atoms with van der Waals surface area (Å²) < 4.78 is 0. The number of phenolic OH excluding ortho intramolecular Hbond substituents is 1. The number of aromatic hydroxyl groups is 1. The molecule has 21 heavy (non-hydrogen) atoms. The van der Waals surface area contributed by atoms with Crippen molar-refractivity contribution in [1.29, 1.82) is 0 Å². The van der Waals surface area contributed by atoms with Gasteiger partial charge in [-0.05, 0) is 36.2 Å². The van der Waals surface area contributed by atoms with Gasteiger partial charge < -0.3 is 15.9 Å². The number of carbonyl (C=O) groups is 1. The molecule has 0 radical (unpaired) electrons. The lowest BCUT2D eigenvalue weighted by molar-refractivity contribution is 0.0698. The molecule has 0 unspecified atom stereocenters. The minimum atomic E-state index is -1.23. The Kier molecular flexibility index (Phi) is 3.69. The fourth-order valence-corrected chi connectivity index (χ4v) is 2.08. The molecule has 0 fully saturated rings. The van der Waals surface area contributed by atoms with Crippen molar-refractivity contribution in [3.8, 4) is 16.9 Å². The molecule has 2 rings (SSSR count). The second-order valence-electron chi connectivity index (χ2n) is 4.47. The van der Waals surface area contributed by atoms with Crippen molar-refractivity contribution in [3.05, 3.63) is 51.9 Å². The first-order chi connectivity index (χ1) is 9.93. The molecule has 2 aromatic rings. The zero-order valence-corrected chi connectivity index (χ0v) is 11.1. The van der Waals surface area contributed by atoms with Crippen LogP contribution in [0, 0.1) is 6.92 Å². The van der Waals surface area contributed by atoms with Crippen molar-refractivity contribution in [2.45, 2.75) is 6.92 Å². The first-order valence-corrected chi connectivity index (χ1v) is 5.96. The van der Waals surface area contributed by atoms with E-state index in [-0.39, 0.29) is 28.3 Å². The Morgan fingerprint density at radius 1 is 1.33 bits per heavy atom. The van der Waals surface area contributed by atoms with E-state index in [9.17, 15) is 15.0 Å². The average Bonchev–Trinajstić information content (AvgIpc) is 2.39. The fraction of sp³-hybridized carbons (Fsp3) is 0.0714. The number of rotatable bonds is 3. The molecular weight excluding hydrogens is 272 g/mol. The van der Waals surface area contributed by atoms with E-state index < -0.39 is 5.97 Å². The molecule has 0 saturated heterocycles. The van der Waals surface area contributed by atoms with Gasteiger partial charge in [-0.2, -0.15) is 0 Å². The molecule has 0 saturated carbocycles. The van der Waals surface area contributed by atoms with Gasteiger partial charge in [-0.1, -0.05) is 17.2 Å². The van der Waals surface area contributed by atoms with E-state index in [2.05, 4.69) is 10.0 Å². The van der Waals surface area contributed by atoms with Gasteiger partial charge >= 0.3 is 5.97 Å². The zero-order valence-electron chi connectivity index (χ0n) is 11.1. The summed E-state index contributed by atoms with van der Waals surface area (Å²) in [4.78, 5) is 14.0. The van der Waals surface area contributed by atoms with Crippen LogP contribution in [0.15, 0.2) is 35.4 Å². The lowest BCUT2D eigenvalue weighted by atomic mass is 9.95. The summed E-state index contributed by atoms with van der Waals surface area (Å²) in [5, 5.41) is 22.7. The van der Waals surface area contributed by atoms with E-state index in [1.165, 1.54) is 18.2 Å². The number of carboxylic acids is 1. The molecule has 0 aliphatic heterocycles. The van der Waals surface area contributed by atoms with Gasteiger partial charge in [0.15, 0.2) is 0 Å². The van der Waals surface area contributed by atoms with Crippen LogP contribution >= 0.6 is 0 Å². The molecule has 0 heterocycles. The number of anilines is 1. The van der Waals surface area contributed by atoms with Crippen LogP contribution in [0.1, 0.15) is 15.9 Å². The normalized spacial score (nSPS) is 9.95. The van der Waals surface area contributed by atoms with Gasteiger partial charge in [-0.25, -0.2) is 4.79 Å². The molecule has 0 atom stereocenters. The quantitative estimate of drug-likeness (QED) is 0.343. The van der Waals surface area contributed by atoms with Gasteiger partial charge in [0.2, 0.25) is 0 Å². The Morgan fingerprint density at radius 2 is 2.05 bits per heavy atom. The summed E-state index contributed by atoms with van der Waals surface area (Å²) in [6, 6.07) is 7.42. The molecule has 2 aromatic carbocycles. The summed E-state index contributed by atoms with van der Waals surface area (Å²) in [6.45, 7) is 1.80. The lowest BCUT2D eigenvalue weighted by Crippen LogP contribution is -2.03. The number of hydrogen-bond acceptors (Lipinski definition) is 4. The van der Waals surface area contributed by atoms with Crippen LogP contribution in [0.3, 0.4) is 0 Å². The van der Waals surface area contributed by atoms with Gasteiger partial charge in [0.1, 0.15) is 5.75 Å². The predicted octanol–water partition coefficient (Wildman–Crippen LogP) is 3.59. The SMILES string of the molecule is Cc1ccc(-c2c(N)cc(N=[N+]=[N-])cc2C(=O)O)c(O)c1. The highest BCUT2D eigenvalue weighted by molar-refractivity contribution is 6.02. The van der Waals surface area contributed by atoms with Crippen LogP contribution in [-0.2, 0) is 0 Å². The zero-order chi connectivity index (χ0) is 15.6. The highest BCUT2D eigenvalue weighted by Crippen LogP contribution is 2.38. The maximum Gasteiger partial charge on any atom is 0.336 e. The van der Waals surface area contributed by atoms with Crippen LogP contribution in [0.4, 0.5) is 11.4 Å². The Hall–Kier alpha value is -3.18. The predicted molar refractivity (Wildman–Crippen MR) is 78.5 cm³/mol. The van der Waals surface area contributed by atoms with Crippen molar-refractivity contribution in [2.75, 3.05) is 5.73 Å². The van der Waals surface area contributed by atoms with Gasteiger partial charge in [-0.15, -0.1) is 0 Å². The first kappa shape index (κ1) is 14.2. The lowest BCUT2D eigenvalue weighted by Gasteiger charge is -2.13. The largest absolute Gasteiger partial charge is 0.507 e. The highest BCUT2D eigenvalue weighted by atomic mass is 16.4. The van der Waals surface area contributed by atoms with Gasteiger partial charge in [0.05, 0.1) is 5.56 Å². The summed E-state index contributed by atoms with van der Waals surface area (Å²) in [7, 11) is 0. The Bertz CT molecular complexity index is 780. The van der Waals surface area contributed by atoms with Crippen molar-refractivity contribution >= 4 is 17.3 Å². The molecule has 0 aromatic heterocycles. The van der Waals surface area contributed by atoms with Crippen LogP contribution in [-0.4, -0.2) is 16.2 Å². The van der Waals surface area contributed by atoms with Crippen molar-refractivity contribution in [1.82, 2.24) is 0 Å². The number of aromatic carboxylic acids is 1. The highest BCUT2D eigenvalue weighted by Gasteiger charge is 2.18. The molecule has 0 aliphatic rings. The Labute approximate surface area is 119 Å². The summed E-state index contributed by atoms with van der Waals surface area (Å²) in [6.07, 6.45) is 0.